The summed E-state index contributed by atoms with van der Waals surface area (Å²) in [7, 11) is 3.39. The summed E-state index contributed by atoms with van der Waals surface area (Å²) in [6, 6.07) is 3.68. The summed E-state index contributed by atoms with van der Waals surface area (Å²) in [6.07, 6.45) is 0. The van der Waals surface area contributed by atoms with Crippen LogP contribution in [-0.2, 0) is 9.53 Å². The average molecular weight is 404 g/mol. The number of carbonyl (C=O) groups excluding carboxylic acids is 2. The Labute approximate surface area is 170 Å². The monoisotopic (exact) mass is 404 g/mol. The number of likely N-dealkylation sites (N-methyl/N-ethyl adjacent to an activating group) is 1. The number of amides is 2. The van der Waals surface area contributed by atoms with E-state index < -0.39 is 18.0 Å². The lowest BCUT2D eigenvalue weighted by molar-refractivity contribution is -0.136. The Bertz CT molecular complexity index is 802. The molecule has 29 heavy (non-hydrogen) atoms. The molecule has 0 saturated carbocycles. The minimum absolute atomic E-state index is 0.00267. The van der Waals surface area contributed by atoms with Gasteiger partial charge in [0, 0.05) is 38.4 Å². The molecule has 1 saturated heterocycles. The van der Waals surface area contributed by atoms with Crippen molar-refractivity contribution in [3.63, 3.8) is 0 Å². The molecule has 1 fully saturated rings. The van der Waals surface area contributed by atoms with Gasteiger partial charge < -0.3 is 30.1 Å². The van der Waals surface area contributed by atoms with Crippen LogP contribution in [0.25, 0.3) is 0 Å². The van der Waals surface area contributed by atoms with Gasteiger partial charge in [0.15, 0.2) is 11.5 Å². The molecule has 158 valence electrons. The summed E-state index contributed by atoms with van der Waals surface area (Å²) in [5, 5.41) is 15.6. The highest BCUT2D eigenvalue weighted by molar-refractivity contribution is 5.95. The van der Waals surface area contributed by atoms with Crippen molar-refractivity contribution < 1.29 is 24.2 Å². The Morgan fingerprint density at radius 3 is 2.66 bits per heavy atom. The topological polar surface area (TPSA) is 103 Å². The third-order valence-electron chi connectivity index (χ3n) is 5.15. The van der Waals surface area contributed by atoms with Crippen molar-refractivity contribution >= 4 is 12.0 Å². The van der Waals surface area contributed by atoms with Crippen LogP contribution < -0.4 is 15.4 Å². The van der Waals surface area contributed by atoms with Crippen LogP contribution in [-0.4, -0.2) is 80.4 Å². The van der Waals surface area contributed by atoms with Gasteiger partial charge in [0.1, 0.15) is 0 Å². The largest absolute Gasteiger partial charge is 0.504 e. The zero-order chi connectivity index (χ0) is 21.0. The number of hydrogen-bond donors (Lipinski definition) is 3. The van der Waals surface area contributed by atoms with Gasteiger partial charge in [0.05, 0.1) is 25.3 Å². The molecule has 3 rings (SSSR count). The number of urea groups is 1. The van der Waals surface area contributed by atoms with Crippen LogP contribution in [0.2, 0.25) is 0 Å². The predicted octanol–water partition coefficient (Wildman–Crippen LogP) is 0.819. The number of methoxy groups -OCH3 is 1. The maximum absolute atomic E-state index is 12.7. The van der Waals surface area contributed by atoms with Gasteiger partial charge in [-0.05, 0) is 31.7 Å². The molecule has 1 aromatic rings. The van der Waals surface area contributed by atoms with E-state index in [1.54, 1.807) is 12.1 Å². The van der Waals surface area contributed by atoms with E-state index in [-0.39, 0.29) is 5.75 Å². The summed E-state index contributed by atoms with van der Waals surface area (Å²) in [5.41, 5.74) is 1.50. The fourth-order valence-corrected chi connectivity index (χ4v) is 3.55. The number of ether oxygens (including phenoxy) is 2. The molecule has 1 aromatic carbocycles. The van der Waals surface area contributed by atoms with Gasteiger partial charge in [-0.15, -0.1) is 0 Å². The first kappa shape index (κ1) is 20.9. The lowest BCUT2D eigenvalue weighted by Gasteiger charge is -2.35. The first-order chi connectivity index (χ1) is 13.9. The van der Waals surface area contributed by atoms with Crippen molar-refractivity contribution in [2.24, 2.45) is 0 Å². The molecule has 1 unspecified atom stereocenters. The van der Waals surface area contributed by atoms with Crippen molar-refractivity contribution in [2.75, 3.05) is 53.5 Å². The fourth-order valence-electron chi connectivity index (χ4n) is 3.55. The van der Waals surface area contributed by atoms with Crippen molar-refractivity contribution in [1.29, 1.82) is 0 Å². The molecule has 3 N–H and O–H groups in total. The molecule has 2 aliphatic heterocycles. The van der Waals surface area contributed by atoms with E-state index in [4.69, 9.17) is 9.47 Å². The lowest BCUT2D eigenvalue weighted by Crippen LogP contribution is -2.51. The summed E-state index contributed by atoms with van der Waals surface area (Å²) in [5.74, 6) is -0.225. The number of nitrogens with zero attached hydrogens (tertiary/aromatic N) is 2. The minimum Gasteiger partial charge on any atom is -0.504 e. The van der Waals surface area contributed by atoms with Crippen LogP contribution >= 0.6 is 0 Å². The summed E-state index contributed by atoms with van der Waals surface area (Å²) < 4.78 is 10.5. The molecule has 0 spiro atoms. The standard InChI is InChI=1S/C20H28N4O5/c1-4-29-16-11-13(5-6-15(16)25)18-17(19(26)28-3)14(21-20(27)22-18)12-24-9-7-23(2)8-10-24/h5-6,11,18,25H,4,7-10,12H2,1-3H3,(H2,21,22,27). The van der Waals surface area contributed by atoms with E-state index in [9.17, 15) is 14.7 Å². The van der Waals surface area contributed by atoms with E-state index >= 15 is 0 Å². The number of rotatable bonds is 6. The minimum atomic E-state index is -0.710. The van der Waals surface area contributed by atoms with E-state index in [0.717, 1.165) is 26.2 Å². The number of nitrogens with one attached hydrogen (secondary N) is 2. The summed E-state index contributed by atoms with van der Waals surface area (Å²) in [6.45, 7) is 6.17. The highest BCUT2D eigenvalue weighted by atomic mass is 16.5. The van der Waals surface area contributed by atoms with Crippen molar-refractivity contribution in [3.8, 4) is 11.5 Å². The van der Waals surface area contributed by atoms with Crippen molar-refractivity contribution in [2.45, 2.75) is 13.0 Å². The number of hydrogen-bond acceptors (Lipinski definition) is 7. The molecule has 9 nitrogen and oxygen atoms in total. The molecular weight excluding hydrogens is 376 g/mol. The molecule has 2 heterocycles. The first-order valence-electron chi connectivity index (χ1n) is 9.68. The van der Waals surface area contributed by atoms with Gasteiger partial charge in [-0.3, -0.25) is 4.90 Å². The Kier molecular flexibility index (Phi) is 6.60. The van der Waals surface area contributed by atoms with Gasteiger partial charge in [-0.2, -0.15) is 0 Å². The second kappa shape index (κ2) is 9.15. The Balaban J connectivity index is 1.97. The number of phenols is 1. The molecule has 0 aliphatic carbocycles. The van der Waals surface area contributed by atoms with Crippen LogP contribution in [0.1, 0.15) is 18.5 Å². The van der Waals surface area contributed by atoms with Crippen LogP contribution in [0.5, 0.6) is 11.5 Å². The smallest absolute Gasteiger partial charge is 0.338 e. The first-order valence-corrected chi connectivity index (χ1v) is 9.68. The highest BCUT2D eigenvalue weighted by Gasteiger charge is 2.34. The highest BCUT2D eigenvalue weighted by Crippen LogP contribution is 2.34. The maximum Gasteiger partial charge on any atom is 0.338 e. The molecule has 0 aromatic heterocycles. The van der Waals surface area contributed by atoms with Crippen molar-refractivity contribution in [3.05, 3.63) is 35.0 Å². The Morgan fingerprint density at radius 2 is 2.00 bits per heavy atom. The summed E-state index contributed by atoms with van der Waals surface area (Å²) >= 11 is 0. The molecule has 1 atom stereocenters. The zero-order valence-corrected chi connectivity index (χ0v) is 17.0. The third kappa shape index (κ3) is 4.80. The second-order valence-electron chi connectivity index (χ2n) is 7.15. The van der Waals surface area contributed by atoms with Gasteiger partial charge >= 0.3 is 12.0 Å². The SMILES string of the molecule is CCOc1cc(C2NC(=O)NC(CN3CCN(C)CC3)=C2C(=O)OC)ccc1O. The van der Waals surface area contributed by atoms with E-state index in [0.29, 0.717) is 35.7 Å². The van der Waals surface area contributed by atoms with Gasteiger partial charge in [-0.1, -0.05) is 6.07 Å². The molecule has 2 aliphatic rings. The van der Waals surface area contributed by atoms with Crippen LogP contribution in [0.15, 0.2) is 29.5 Å². The van der Waals surface area contributed by atoms with E-state index in [1.165, 1.54) is 13.2 Å². The Morgan fingerprint density at radius 1 is 1.28 bits per heavy atom. The molecular formula is C20H28N4O5. The van der Waals surface area contributed by atoms with Gasteiger partial charge in [-0.25, -0.2) is 9.59 Å². The number of piperazine rings is 1. The zero-order valence-electron chi connectivity index (χ0n) is 17.0. The van der Waals surface area contributed by atoms with E-state index in [1.807, 2.05) is 6.92 Å². The molecule has 2 amide bonds. The van der Waals surface area contributed by atoms with Crippen molar-refractivity contribution in [1.82, 2.24) is 20.4 Å². The number of benzene rings is 1. The molecule has 9 heteroatoms. The van der Waals surface area contributed by atoms with Gasteiger partial charge in [0.25, 0.3) is 0 Å². The molecule has 0 radical (unpaired) electrons. The normalized spacial score (nSPS) is 20.8. The van der Waals surface area contributed by atoms with Crippen LogP contribution in [0.4, 0.5) is 4.79 Å². The third-order valence-corrected chi connectivity index (χ3v) is 5.15. The number of phenolic OH excluding ortho intramolecular Hbond substituents is 1. The van der Waals surface area contributed by atoms with Crippen LogP contribution in [0.3, 0.4) is 0 Å². The lowest BCUT2D eigenvalue weighted by atomic mass is 9.94. The predicted molar refractivity (Wildman–Crippen MR) is 107 cm³/mol. The number of aromatic hydroxyl groups is 1. The summed E-state index contributed by atoms with van der Waals surface area (Å²) in [4.78, 5) is 29.5. The van der Waals surface area contributed by atoms with Crippen LogP contribution in [0, 0.1) is 0 Å². The number of esters is 1. The maximum atomic E-state index is 12.7. The quantitative estimate of drug-likeness (QED) is 0.603. The second-order valence-corrected chi connectivity index (χ2v) is 7.15. The molecule has 0 bridgehead atoms. The average Bonchev–Trinajstić information content (AvgIpc) is 2.70. The fraction of sp³-hybridized carbons (Fsp3) is 0.500. The Hall–Kier alpha value is -2.78. The number of carbonyl (C=O) groups is 2. The van der Waals surface area contributed by atoms with Gasteiger partial charge in [0.2, 0.25) is 0 Å². The van der Waals surface area contributed by atoms with E-state index in [2.05, 4.69) is 27.5 Å².